The fourth-order valence-corrected chi connectivity index (χ4v) is 1.31. The quantitative estimate of drug-likeness (QED) is 0.729. The van der Waals surface area contributed by atoms with Crippen LogP contribution in [-0.2, 0) is 0 Å². The van der Waals surface area contributed by atoms with Crippen molar-refractivity contribution >= 4 is 17.6 Å². The second-order valence-corrected chi connectivity index (χ2v) is 3.13. The number of rotatable bonds is 1. The van der Waals surface area contributed by atoms with Crippen molar-refractivity contribution in [2.75, 3.05) is 0 Å². The van der Waals surface area contributed by atoms with Gasteiger partial charge >= 0.3 is 5.97 Å². The normalized spacial score (nSPS) is 9.92. The van der Waals surface area contributed by atoms with Crippen molar-refractivity contribution < 1.29 is 9.90 Å². The van der Waals surface area contributed by atoms with Crippen LogP contribution in [0.3, 0.4) is 0 Å². The van der Waals surface area contributed by atoms with Gasteiger partial charge in [0.25, 0.3) is 0 Å². The molecule has 0 spiro atoms. The summed E-state index contributed by atoms with van der Waals surface area (Å²) in [5.74, 6) is -0.932. The molecule has 1 rings (SSSR count). The summed E-state index contributed by atoms with van der Waals surface area (Å²) in [6.07, 6.45) is 0. The second-order valence-electron chi connectivity index (χ2n) is 2.72. The van der Waals surface area contributed by atoms with Crippen LogP contribution in [0.4, 0.5) is 0 Å². The molecule has 0 aromatic heterocycles. The van der Waals surface area contributed by atoms with E-state index in [1.165, 1.54) is 0 Å². The molecule has 12 heavy (non-hydrogen) atoms. The molecule has 0 unspecified atom stereocenters. The van der Waals surface area contributed by atoms with E-state index in [4.69, 9.17) is 16.7 Å². The fourth-order valence-electron chi connectivity index (χ4n) is 1.04. The smallest absolute Gasteiger partial charge is 0.336 e. The van der Waals surface area contributed by atoms with Crippen LogP contribution in [0.25, 0.3) is 0 Å². The lowest BCUT2D eigenvalue weighted by molar-refractivity contribution is 0.0696. The van der Waals surface area contributed by atoms with Gasteiger partial charge in [-0.15, -0.1) is 0 Å². The Hall–Kier alpha value is -1.02. The highest BCUT2D eigenvalue weighted by molar-refractivity contribution is 6.31. The van der Waals surface area contributed by atoms with Gasteiger partial charge in [-0.2, -0.15) is 0 Å². The summed E-state index contributed by atoms with van der Waals surface area (Å²) in [6, 6.07) is 3.37. The number of carboxylic acid groups (broad SMARTS) is 1. The molecule has 0 atom stereocenters. The van der Waals surface area contributed by atoms with Gasteiger partial charge in [-0.1, -0.05) is 11.6 Å². The van der Waals surface area contributed by atoms with Crippen molar-refractivity contribution in [3.8, 4) is 0 Å². The molecule has 1 aromatic rings. The largest absolute Gasteiger partial charge is 0.478 e. The zero-order valence-electron chi connectivity index (χ0n) is 6.89. The van der Waals surface area contributed by atoms with Crippen LogP contribution in [0.1, 0.15) is 21.5 Å². The summed E-state index contributed by atoms with van der Waals surface area (Å²) in [7, 11) is 0. The van der Waals surface area contributed by atoms with Crippen LogP contribution in [0, 0.1) is 13.8 Å². The van der Waals surface area contributed by atoms with Gasteiger partial charge < -0.3 is 5.11 Å². The maximum Gasteiger partial charge on any atom is 0.336 e. The lowest BCUT2D eigenvalue weighted by Crippen LogP contribution is -2.00. The average molecular weight is 185 g/mol. The predicted molar refractivity (Wildman–Crippen MR) is 47.9 cm³/mol. The molecule has 64 valence electrons. The molecule has 0 aliphatic carbocycles. The van der Waals surface area contributed by atoms with Crippen molar-refractivity contribution in [1.82, 2.24) is 0 Å². The molecular weight excluding hydrogens is 176 g/mol. The van der Waals surface area contributed by atoms with Gasteiger partial charge in [0, 0.05) is 5.02 Å². The Morgan fingerprint density at radius 3 is 2.50 bits per heavy atom. The number of hydrogen-bond donors (Lipinski definition) is 1. The Kier molecular flexibility index (Phi) is 2.38. The van der Waals surface area contributed by atoms with E-state index in [1.54, 1.807) is 19.1 Å². The van der Waals surface area contributed by atoms with Crippen LogP contribution in [0.15, 0.2) is 12.1 Å². The molecule has 0 amide bonds. The standard InChI is InChI=1S/C9H9ClO2/c1-5-3-7(9(11)12)6(2)8(10)4-5/h3-4H,1-2H3,(H,11,12). The molecule has 0 heterocycles. The third kappa shape index (κ3) is 1.59. The molecule has 1 aromatic carbocycles. The van der Waals surface area contributed by atoms with Crippen LogP contribution >= 0.6 is 11.6 Å². The zero-order valence-corrected chi connectivity index (χ0v) is 7.64. The van der Waals surface area contributed by atoms with Crippen molar-refractivity contribution in [2.24, 2.45) is 0 Å². The summed E-state index contributed by atoms with van der Waals surface area (Å²) in [5.41, 5.74) is 1.76. The number of carboxylic acids is 1. The van der Waals surface area contributed by atoms with E-state index >= 15 is 0 Å². The van der Waals surface area contributed by atoms with Gasteiger partial charge in [-0.3, -0.25) is 0 Å². The highest BCUT2D eigenvalue weighted by Crippen LogP contribution is 2.21. The van der Waals surface area contributed by atoms with Gasteiger partial charge in [0.1, 0.15) is 0 Å². The number of aryl methyl sites for hydroxylation is 1. The number of carbonyl (C=O) groups is 1. The minimum absolute atomic E-state index is 0.278. The Morgan fingerprint density at radius 1 is 1.42 bits per heavy atom. The van der Waals surface area contributed by atoms with Crippen LogP contribution in [-0.4, -0.2) is 11.1 Å². The molecule has 2 nitrogen and oxygen atoms in total. The van der Waals surface area contributed by atoms with E-state index in [0.717, 1.165) is 5.56 Å². The zero-order chi connectivity index (χ0) is 9.30. The van der Waals surface area contributed by atoms with E-state index in [1.807, 2.05) is 6.92 Å². The molecule has 0 fully saturated rings. The first kappa shape index (κ1) is 9.07. The van der Waals surface area contributed by atoms with Crippen molar-refractivity contribution in [2.45, 2.75) is 13.8 Å². The van der Waals surface area contributed by atoms with Gasteiger partial charge in [-0.25, -0.2) is 4.79 Å². The predicted octanol–water partition coefficient (Wildman–Crippen LogP) is 2.66. The van der Waals surface area contributed by atoms with Crippen molar-refractivity contribution in [3.63, 3.8) is 0 Å². The minimum Gasteiger partial charge on any atom is -0.478 e. The van der Waals surface area contributed by atoms with Gasteiger partial charge in [0.2, 0.25) is 0 Å². The van der Waals surface area contributed by atoms with Crippen molar-refractivity contribution in [1.29, 1.82) is 0 Å². The average Bonchev–Trinajstić information content (AvgIpc) is 1.96. The fraction of sp³-hybridized carbons (Fsp3) is 0.222. The first-order valence-electron chi connectivity index (χ1n) is 3.52. The van der Waals surface area contributed by atoms with E-state index in [-0.39, 0.29) is 5.56 Å². The van der Waals surface area contributed by atoms with Gasteiger partial charge in [0.15, 0.2) is 0 Å². The maximum absolute atomic E-state index is 10.7. The summed E-state index contributed by atoms with van der Waals surface area (Å²) in [4.78, 5) is 10.7. The van der Waals surface area contributed by atoms with Gasteiger partial charge in [0.05, 0.1) is 5.56 Å². The molecule has 0 bridgehead atoms. The highest BCUT2D eigenvalue weighted by Gasteiger charge is 2.09. The Morgan fingerprint density at radius 2 is 2.00 bits per heavy atom. The molecule has 0 aliphatic heterocycles. The van der Waals surface area contributed by atoms with E-state index in [0.29, 0.717) is 10.6 Å². The van der Waals surface area contributed by atoms with E-state index < -0.39 is 5.97 Å². The maximum atomic E-state index is 10.7. The Balaban J connectivity index is 3.37. The molecule has 0 aliphatic rings. The SMILES string of the molecule is Cc1cc(Cl)c(C)c(C(=O)O)c1. The molecule has 0 saturated carbocycles. The van der Waals surface area contributed by atoms with Gasteiger partial charge in [-0.05, 0) is 37.1 Å². The monoisotopic (exact) mass is 184 g/mol. The summed E-state index contributed by atoms with van der Waals surface area (Å²) < 4.78 is 0. The number of hydrogen-bond acceptors (Lipinski definition) is 1. The molecular formula is C9H9ClO2. The summed E-state index contributed by atoms with van der Waals surface area (Å²) >= 11 is 5.80. The van der Waals surface area contributed by atoms with E-state index in [9.17, 15) is 4.79 Å². The van der Waals surface area contributed by atoms with Crippen LogP contribution < -0.4 is 0 Å². The van der Waals surface area contributed by atoms with E-state index in [2.05, 4.69) is 0 Å². The molecule has 1 N–H and O–H groups in total. The third-order valence-corrected chi connectivity index (χ3v) is 2.11. The number of benzene rings is 1. The van der Waals surface area contributed by atoms with Crippen LogP contribution in [0.5, 0.6) is 0 Å². The Bertz CT molecular complexity index is 332. The lowest BCUT2D eigenvalue weighted by atomic mass is 10.1. The second kappa shape index (κ2) is 3.15. The summed E-state index contributed by atoms with van der Waals surface area (Å²) in [6.45, 7) is 3.52. The molecule has 3 heteroatoms. The van der Waals surface area contributed by atoms with Crippen LogP contribution in [0.2, 0.25) is 5.02 Å². The lowest BCUT2D eigenvalue weighted by Gasteiger charge is -2.04. The summed E-state index contributed by atoms with van der Waals surface area (Å²) in [5, 5.41) is 9.26. The number of aromatic carboxylic acids is 1. The third-order valence-electron chi connectivity index (χ3n) is 1.72. The molecule has 0 saturated heterocycles. The Labute approximate surface area is 75.8 Å². The molecule has 0 radical (unpaired) electrons. The highest BCUT2D eigenvalue weighted by atomic mass is 35.5. The first-order valence-corrected chi connectivity index (χ1v) is 3.90. The first-order chi connectivity index (χ1) is 5.52. The minimum atomic E-state index is -0.932. The van der Waals surface area contributed by atoms with Crippen molar-refractivity contribution in [3.05, 3.63) is 33.8 Å². The number of halogens is 1. The topological polar surface area (TPSA) is 37.3 Å².